The van der Waals surface area contributed by atoms with Crippen molar-refractivity contribution >= 4 is 39.5 Å². The minimum absolute atomic E-state index is 0.134. The first kappa shape index (κ1) is 16.8. The van der Waals surface area contributed by atoms with Crippen LogP contribution in [0.5, 0.6) is 0 Å². The van der Waals surface area contributed by atoms with E-state index in [2.05, 4.69) is 25.3 Å². The lowest BCUT2D eigenvalue weighted by molar-refractivity contribution is -0.143. The minimum Gasteiger partial charge on any atom is -0.382 e. The van der Waals surface area contributed by atoms with Gasteiger partial charge in [-0.2, -0.15) is 18.2 Å². The number of pyridine rings is 1. The van der Waals surface area contributed by atoms with Gasteiger partial charge in [-0.05, 0) is 18.2 Å². The highest BCUT2D eigenvalue weighted by Crippen LogP contribution is 2.30. The van der Waals surface area contributed by atoms with E-state index in [1.807, 2.05) is 0 Å². The van der Waals surface area contributed by atoms with E-state index in [-0.39, 0.29) is 22.7 Å². The average molecular weight is 375 g/mol. The second kappa shape index (κ2) is 5.69. The molecule has 0 spiro atoms. The first-order valence-electron chi connectivity index (χ1n) is 7.68. The van der Waals surface area contributed by atoms with Gasteiger partial charge in [0.1, 0.15) is 17.5 Å². The van der Waals surface area contributed by atoms with Crippen LogP contribution in [0.15, 0.2) is 35.4 Å². The first-order valence-corrected chi connectivity index (χ1v) is 7.68. The van der Waals surface area contributed by atoms with Gasteiger partial charge in [-0.25, -0.2) is 9.97 Å². The fourth-order valence-electron chi connectivity index (χ4n) is 2.84. The molecule has 0 saturated carbocycles. The summed E-state index contributed by atoms with van der Waals surface area (Å²) in [4.78, 5) is 27.0. The predicted octanol–water partition coefficient (Wildman–Crippen LogP) is 2.55. The number of imidazole rings is 1. The number of anilines is 3. The topological polar surface area (TPSA) is 115 Å². The van der Waals surface area contributed by atoms with E-state index in [0.717, 1.165) is 4.57 Å². The summed E-state index contributed by atoms with van der Waals surface area (Å²) >= 11 is 0. The molecule has 0 aliphatic carbocycles. The van der Waals surface area contributed by atoms with Crippen LogP contribution >= 0.6 is 0 Å². The van der Waals surface area contributed by atoms with Gasteiger partial charge in [-0.1, -0.05) is 0 Å². The molecule has 0 saturated heterocycles. The number of H-pyrrole nitrogens is 1. The number of nitrogen functional groups attached to an aromatic ring is 1. The molecule has 27 heavy (non-hydrogen) atoms. The molecule has 0 aliphatic heterocycles. The molecule has 0 amide bonds. The highest BCUT2D eigenvalue weighted by molar-refractivity contribution is 5.86. The Bertz CT molecular complexity index is 1240. The van der Waals surface area contributed by atoms with E-state index in [1.165, 1.54) is 25.5 Å². The van der Waals surface area contributed by atoms with Gasteiger partial charge in [0.2, 0.25) is 5.95 Å². The fraction of sp³-hybridized carbons (Fsp3) is 0.125. The van der Waals surface area contributed by atoms with Crippen molar-refractivity contribution in [2.24, 2.45) is 7.05 Å². The number of fused-ring (bicyclic) bond motifs is 2. The molecular weight excluding hydrogens is 363 g/mol. The number of nitrogens with one attached hydrogen (secondary N) is 2. The van der Waals surface area contributed by atoms with E-state index in [4.69, 9.17) is 5.73 Å². The summed E-state index contributed by atoms with van der Waals surface area (Å²) in [6.45, 7) is 0. The lowest BCUT2D eigenvalue weighted by Crippen LogP contribution is -2.19. The second-order valence-corrected chi connectivity index (χ2v) is 5.85. The summed E-state index contributed by atoms with van der Waals surface area (Å²) < 4.78 is 40.4. The van der Waals surface area contributed by atoms with Crippen LogP contribution in [-0.2, 0) is 13.2 Å². The summed E-state index contributed by atoms with van der Waals surface area (Å²) in [7, 11) is 1.26. The molecule has 1 aromatic carbocycles. The number of nitrogens with two attached hydrogens (primary N) is 1. The van der Waals surface area contributed by atoms with Crippen molar-refractivity contribution in [2.45, 2.75) is 6.18 Å². The largest absolute Gasteiger partial charge is 0.431 e. The molecule has 0 bridgehead atoms. The molecule has 3 aromatic heterocycles. The third-order valence-electron chi connectivity index (χ3n) is 4.12. The first-order chi connectivity index (χ1) is 12.7. The molecule has 8 nitrogen and oxygen atoms in total. The number of rotatable bonds is 2. The lowest BCUT2D eigenvalue weighted by Gasteiger charge is -2.15. The molecule has 0 aliphatic rings. The molecule has 3 heterocycles. The van der Waals surface area contributed by atoms with Gasteiger partial charge in [0.25, 0.3) is 0 Å². The predicted molar refractivity (Wildman–Crippen MR) is 93.6 cm³/mol. The Morgan fingerprint density at radius 1 is 1.22 bits per heavy atom. The highest BCUT2D eigenvalue weighted by Gasteiger charge is 2.34. The number of aromatic amines is 1. The molecular formula is C16H12F3N7O. The zero-order chi connectivity index (χ0) is 19.3. The Morgan fingerprint density at radius 3 is 2.70 bits per heavy atom. The summed E-state index contributed by atoms with van der Waals surface area (Å²) in [5, 5.41) is 3.11. The van der Waals surface area contributed by atoms with Crippen LogP contribution in [0.2, 0.25) is 0 Å². The molecule has 11 heteroatoms. The maximum atomic E-state index is 13.1. The normalized spacial score (nSPS) is 12.0. The smallest absolute Gasteiger partial charge is 0.382 e. The van der Waals surface area contributed by atoms with Gasteiger partial charge in [0.05, 0.1) is 5.52 Å². The molecule has 0 atom stereocenters. The average Bonchev–Trinajstić information content (AvgIpc) is 3.01. The van der Waals surface area contributed by atoms with Crippen LogP contribution in [0, 0.1) is 0 Å². The number of hydrogen-bond donors (Lipinski definition) is 3. The standard InChI is InChI=1S/C16H12F3N7O/c1-26-9-4-7(2-3-8(9)10(27)5-11(26)16(17,18)19)23-15-24-12-13(20)21-6-22-14(12)25-15/h2-6H,1H3,(H4,20,21,22,23,24,25). The van der Waals surface area contributed by atoms with Crippen molar-refractivity contribution in [3.05, 3.63) is 46.5 Å². The van der Waals surface area contributed by atoms with Crippen LogP contribution in [0.25, 0.3) is 22.1 Å². The minimum atomic E-state index is -4.64. The molecule has 4 rings (SSSR count). The summed E-state index contributed by atoms with van der Waals surface area (Å²) in [5.41, 5.74) is 5.36. The monoisotopic (exact) mass is 375 g/mol. The van der Waals surface area contributed by atoms with Crippen molar-refractivity contribution in [1.29, 1.82) is 0 Å². The maximum absolute atomic E-state index is 13.1. The zero-order valence-electron chi connectivity index (χ0n) is 13.8. The van der Waals surface area contributed by atoms with E-state index < -0.39 is 17.3 Å². The Hall–Kier alpha value is -3.63. The summed E-state index contributed by atoms with van der Waals surface area (Å²) in [5.74, 6) is 0.504. The summed E-state index contributed by atoms with van der Waals surface area (Å²) in [6, 6.07) is 5.06. The molecule has 0 radical (unpaired) electrons. The van der Waals surface area contributed by atoms with Gasteiger partial charge in [0, 0.05) is 24.2 Å². The Kier molecular flexibility index (Phi) is 3.54. The van der Waals surface area contributed by atoms with E-state index in [1.54, 1.807) is 6.07 Å². The van der Waals surface area contributed by atoms with Gasteiger partial charge in [-0.15, -0.1) is 0 Å². The highest BCUT2D eigenvalue weighted by atomic mass is 19.4. The van der Waals surface area contributed by atoms with E-state index in [9.17, 15) is 18.0 Å². The fourth-order valence-corrected chi connectivity index (χ4v) is 2.84. The van der Waals surface area contributed by atoms with Crippen molar-refractivity contribution in [1.82, 2.24) is 24.5 Å². The lowest BCUT2D eigenvalue weighted by atomic mass is 10.1. The van der Waals surface area contributed by atoms with Gasteiger partial charge in [0.15, 0.2) is 16.9 Å². The van der Waals surface area contributed by atoms with Crippen LogP contribution in [0.4, 0.5) is 30.6 Å². The Balaban J connectivity index is 1.81. The van der Waals surface area contributed by atoms with Crippen molar-refractivity contribution in [3.63, 3.8) is 0 Å². The maximum Gasteiger partial charge on any atom is 0.431 e. The van der Waals surface area contributed by atoms with Crippen LogP contribution in [0.1, 0.15) is 5.69 Å². The molecule has 0 fully saturated rings. The molecule has 4 N–H and O–H groups in total. The van der Waals surface area contributed by atoms with Gasteiger partial charge in [-0.3, -0.25) is 4.79 Å². The Morgan fingerprint density at radius 2 is 2.00 bits per heavy atom. The third kappa shape index (κ3) is 2.82. The van der Waals surface area contributed by atoms with Crippen molar-refractivity contribution in [2.75, 3.05) is 11.1 Å². The third-order valence-corrected chi connectivity index (χ3v) is 4.12. The number of nitrogens with zero attached hydrogens (tertiary/aromatic N) is 4. The van der Waals surface area contributed by atoms with Crippen LogP contribution in [0.3, 0.4) is 0 Å². The summed E-state index contributed by atoms with van der Waals surface area (Å²) in [6.07, 6.45) is -3.37. The van der Waals surface area contributed by atoms with Crippen molar-refractivity contribution in [3.8, 4) is 0 Å². The number of aromatic nitrogens is 5. The molecule has 0 unspecified atom stereocenters. The number of alkyl halides is 3. The number of hydrogen-bond acceptors (Lipinski definition) is 6. The van der Waals surface area contributed by atoms with Gasteiger partial charge >= 0.3 is 6.18 Å². The molecule has 138 valence electrons. The van der Waals surface area contributed by atoms with Gasteiger partial charge < -0.3 is 20.6 Å². The zero-order valence-corrected chi connectivity index (χ0v) is 13.8. The van der Waals surface area contributed by atoms with Crippen LogP contribution < -0.4 is 16.5 Å². The molecule has 4 aromatic rings. The SMILES string of the molecule is Cn1c(C(F)(F)F)cc(=O)c2ccc(Nc3nc4ncnc(N)c4[nH]3)cc21. The number of benzene rings is 1. The van der Waals surface area contributed by atoms with E-state index in [0.29, 0.717) is 22.9 Å². The number of halogens is 3. The number of aryl methyl sites for hydroxylation is 1. The Labute approximate surface area is 148 Å². The second-order valence-electron chi connectivity index (χ2n) is 5.85. The van der Waals surface area contributed by atoms with Crippen LogP contribution in [-0.4, -0.2) is 24.5 Å². The van der Waals surface area contributed by atoms with E-state index >= 15 is 0 Å². The quantitative estimate of drug-likeness (QED) is 0.496. The van der Waals surface area contributed by atoms with Crippen molar-refractivity contribution < 1.29 is 13.2 Å².